The molecule has 2 rings (SSSR count). The minimum absolute atomic E-state index is 0.521. The highest BCUT2D eigenvalue weighted by Gasteiger charge is 2.08. The van der Waals surface area contributed by atoms with Crippen molar-refractivity contribution in [3.05, 3.63) is 30.1 Å². The highest BCUT2D eigenvalue weighted by atomic mass is 15.5. The van der Waals surface area contributed by atoms with Crippen LogP contribution in [0.25, 0.3) is 5.69 Å². The topological polar surface area (TPSA) is 55.6 Å². The van der Waals surface area contributed by atoms with Gasteiger partial charge in [-0.2, -0.15) is 0 Å². The summed E-state index contributed by atoms with van der Waals surface area (Å²) in [6.07, 6.45) is 5.11. The lowest BCUT2D eigenvalue weighted by atomic mass is 10.1. The molecule has 0 spiro atoms. The van der Waals surface area contributed by atoms with Crippen LogP contribution in [-0.2, 0) is 0 Å². The van der Waals surface area contributed by atoms with Crippen LogP contribution >= 0.6 is 0 Å². The molecule has 2 aromatic rings. The molecule has 1 atom stereocenters. The molecule has 19 heavy (non-hydrogen) atoms. The number of rotatable bonds is 6. The van der Waals surface area contributed by atoms with Gasteiger partial charge in [0.05, 0.1) is 5.69 Å². The number of tetrazole rings is 1. The van der Waals surface area contributed by atoms with Gasteiger partial charge in [-0.1, -0.05) is 26.3 Å². The molecule has 1 heterocycles. The Morgan fingerprint density at radius 3 is 2.79 bits per heavy atom. The van der Waals surface area contributed by atoms with Crippen LogP contribution in [0.4, 0.5) is 5.69 Å². The van der Waals surface area contributed by atoms with E-state index in [1.54, 1.807) is 11.0 Å². The fraction of sp³-hybridized carbons (Fsp3) is 0.500. The van der Waals surface area contributed by atoms with Gasteiger partial charge in [0.15, 0.2) is 0 Å². The van der Waals surface area contributed by atoms with E-state index in [0.29, 0.717) is 6.04 Å². The molecule has 102 valence electrons. The molecule has 0 fully saturated rings. The van der Waals surface area contributed by atoms with Gasteiger partial charge in [-0.15, -0.1) is 5.10 Å². The third-order valence-electron chi connectivity index (χ3n) is 3.32. The molecule has 5 nitrogen and oxygen atoms in total. The molecule has 0 aliphatic carbocycles. The third kappa shape index (κ3) is 3.30. The van der Waals surface area contributed by atoms with E-state index in [4.69, 9.17) is 0 Å². The van der Waals surface area contributed by atoms with E-state index in [9.17, 15) is 0 Å². The molecule has 1 N–H and O–H groups in total. The Balaban J connectivity index is 2.22. The van der Waals surface area contributed by atoms with Crippen LogP contribution in [0.1, 0.15) is 38.7 Å². The fourth-order valence-corrected chi connectivity index (χ4v) is 2.13. The van der Waals surface area contributed by atoms with Gasteiger partial charge in [-0.25, -0.2) is 4.68 Å². The number of nitrogens with one attached hydrogen (secondary N) is 1. The predicted octanol–water partition coefficient (Wildman–Crippen LogP) is 2.96. The first-order valence-corrected chi connectivity index (χ1v) is 6.85. The summed E-state index contributed by atoms with van der Waals surface area (Å²) in [7, 11) is 0. The Hall–Kier alpha value is -1.91. The monoisotopic (exact) mass is 259 g/mol. The summed E-state index contributed by atoms with van der Waals surface area (Å²) in [5.74, 6) is 0. The molecule has 0 radical (unpaired) electrons. The van der Waals surface area contributed by atoms with Gasteiger partial charge in [0.25, 0.3) is 0 Å². The lowest BCUT2D eigenvalue weighted by Gasteiger charge is -2.19. The molecule has 1 aromatic heterocycles. The molecule has 0 saturated carbocycles. The van der Waals surface area contributed by atoms with Crippen LogP contribution < -0.4 is 5.32 Å². The van der Waals surface area contributed by atoms with Crippen molar-refractivity contribution in [2.75, 3.05) is 5.32 Å². The summed E-state index contributed by atoms with van der Waals surface area (Å²) in [5.41, 5.74) is 3.38. The van der Waals surface area contributed by atoms with E-state index in [1.165, 1.54) is 18.4 Å². The number of nitrogens with zero attached hydrogens (tertiary/aromatic N) is 4. The molecule has 0 bridgehead atoms. The fourth-order valence-electron chi connectivity index (χ4n) is 2.13. The minimum Gasteiger partial charge on any atom is -0.382 e. The van der Waals surface area contributed by atoms with Gasteiger partial charge in [0.2, 0.25) is 0 Å². The van der Waals surface area contributed by atoms with Crippen molar-refractivity contribution in [2.45, 2.75) is 46.1 Å². The lowest BCUT2D eigenvalue weighted by molar-refractivity contribution is 0.622. The summed E-state index contributed by atoms with van der Waals surface area (Å²) in [6.45, 7) is 6.55. The van der Waals surface area contributed by atoms with Crippen molar-refractivity contribution in [3.63, 3.8) is 0 Å². The third-order valence-corrected chi connectivity index (χ3v) is 3.32. The van der Waals surface area contributed by atoms with Gasteiger partial charge in [-0.3, -0.25) is 0 Å². The summed E-state index contributed by atoms with van der Waals surface area (Å²) in [6, 6.07) is 6.74. The zero-order valence-electron chi connectivity index (χ0n) is 11.8. The Morgan fingerprint density at radius 2 is 2.16 bits per heavy atom. The van der Waals surface area contributed by atoms with E-state index >= 15 is 0 Å². The van der Waals surface area contributed by atoms with E-state index in [2.05, 4.69) is 53.7 Å². The van der Waals surface area contributed by atoms with Crippen LogP contribution in [0, 0.1) is 6.92 Å². The molecule has 0 amide bonds. The van der Waals surface area contributed by atoms with Crippen LogP contribution in [0.2, 0.25) is 0 Å². The molecule has 0 saturated heterocycles. The van der Waals surface area contributed by atoms with E-state index in [0.717, 1.165) is 17.8 Å². The second-order valence-electron chi connectivity index (χ2n) is 4.79. The first-order valence-electron chi connectivity index (χ1n) is 6.85. The van der Waals surface area contributed by atoms with Gasteiger partial charge in [0.1, 0.15) is 6.33 Å². The SMILES string of the molecule is CCCC(CC)Nc1cc(-n2cnnn2)ccc1C. The van der Waals surface area contributed by atoms with Crippen molar-refractivity contribution in [3.8, 4) is 5.69 Å². The summed E-state index contributed by atoms with van der Waals surface area (Å²) in [5, 5.41) is 14.9. The van der Waals surface area contributed by atoms with Crippen LogP contribution in [0.3, 0.4) is 0 Å². The first-order chi connectivity index (χ1) is 9.24. The van der Waals surface area contributed by atoms with Crippen molar-refractivity contribution in [1.29, 1.82) is 0 Å². The van der Waals surface area contributed by atoms with Crippen molar-refractivity contribution in [2.24, 2.45) is 0 Å². The average molecular weight is 259 g/mol. The number of hydrogen-bond acceptors (Lipinski definition) is 4. The van der Waals surface area contributed by atoms with E-state index < -0.39 is 0 Å². The number of benzene rings is 1. The van der Waals surface area contributed by atoms with E-state index in [1.807, 2.05) is 6.07 Å². The Kier molecular flexibility index (Phi) is 4.49. The maximum absolute atomic E-state index is 3.92. The normalized spacial score (nSPS) is 12.4. The molecule has 0 aliphatic heterocycles. The lowest BCUT2D eigenvalue weighted by Crippen LogP contribution is -2.18. The second kappa shape index (κ2) is 6.31. The predicted molar refractivity (Wildman–Crippen MR) is 76.5 cm³/mol. The molecule has 1 unspecified atom stereocenters. The summed E-state index contributed by atoms with van der Waals surface area (Å²) >= 11 is 0. The van der Waals surface area contributed by atoms with E-state index in [-0.39, 0.29) is 0 Å². The van der Waals surface area contributed by atoms with Crippen LogP contribution in [0.5, 0.6) is 0 Å². The molecule has 5 heteroatoms. The molecule has 0 aliphatic rings. The summed E-state index contributed by atoms with van der Waals surface area (Å²) < 4.78 is 1.67. The molecular formula is C14H21N5. The smallest absolute Gasteiger partial charge is 0.143 e. The zero-order chi connectivity index (χ0) is 13.7. The van der Waals surface area contributed by atoms with Crippen LogP contribution in [0.15, 0.2) is 24.5 Å². The van der Waals surface area contributed by atoms with Gasteiger partial charge < -0.3 is 5.32 Å². The van der Waals surface area contributed by atoms with Crippen molar-refractivity contribution >= 4 is 5.69 Å². The number of anilines is 1. The van der Waals surface area contributed by atoms with Crippen molar-refractivity contribution < 1.29 is 0 Å². The maximum atomic E-state index is 3.92. The average Bonchev–Trinajstić information content (AvgIpc) is 2.94. The highest BCUT2D eigenvalue weighted by molar-refractivity contribution is 5.57. The first kappa shape index (κ1) is 13.5. The van der Waals surface area contributed by atoms with Gasteiger partial charge in [-0.05, 0) is 47.9 Å². The zero-order valence-corrected chi connectivity index (χ0v) is 11.8. The minimum atomic E-state index is 0.521. The van der Waals surface area contributed by atoms with Gasteiger partial charge >= 0.3 is 0 Å². The van der Waals surface area contributed by atoms with Crippen molar-refractivity contribution in [1.82, 2.24) is 20.2 Å². The largest absolute Gasteiger partial charge is 0.382 e. The molecule has 1 aromatic carbocycles. The Morgan fingerprint density at radius 1 is 1.32 bits per heavy atom. The number of aryl methyl sites for hydroxylation is 1. The standard InChI is InChI=1S/C14H21N5/c1-4-6-12(5-2)16-14-9-13(8-7-11(14)3)19-10-15-17-18-19/h7-10,12,16H,4-6H2,1-3H3. The Labute approximate surface area is 114 Å². The van der Waals surface area contributed by atoms with Crippen LogP contribution in [-0.4, -0.2) is 26.2 Å². The number of hydrogen-bond donors (Lipinski definition) is 1. The van der Waals surface area contributed by atoms with Gasteiger partial charge in [0, 0.05) is 11.7 Å². The maximum Gasteiger partial charge on any atom is 0.143 e. The number of aromatic nitrogens is 4. The quantitative estimate of drug-likeness (QED) is 0.866. The summed E-state index contributed by atoms with van der Waals surface area (Å²) in [4.78, 5) is 0. The molecular weight excluding hydrogens is 238 g/mol. The highest BCUT2D eigenvalue weighted by Crippen LogP contribution is 2.21. The second-order valence-corrected chi connectivity index (χ2v) is 4.79. The Bertz CT molecular complexity index is 507.